The van der Waals surface area contributed by atoms with Crippen molar-refractivity contribution in [3.8, 4) is 11.5 Å². The van der Waals surface area contributed by atoms with E-state index in [0.717, 1.165) is 11.5 Å². The van der Waals surface area contributed by atoms with Gasteiger partial charge >= 0.3 is 0 Å². The van der Waals surface area contributed by atoms with Crippen molar-refractivity contribution in [2.45, 2.75) is 38.1 Å². The second-order valence-corrected chi connectivity index (χ2v) is 4.99. The first-order valence-electron chi connectivity index (χ1n) is 6.29. The van der Waals surface area contributed by atoms with Gasteiger partial charge in [0.15, 0.2) is 10.6 Å². The lowest BCUT2D eigenvalue weighted by Crippen LogP contribution is -2.14. The van der Waals surface area contributed by atoms with Crippen molar-refractivity contribution < 1.29 is 0 Å². The Morgan fingerprint density at radius 2 is 2.06 bits per heavy atom. The average Bonchev–Trinajstić information content (AvgIpc) is 2.83. The number of nitrogens with zero attached hydrogens (tertiary/aromatic N) is 4. The minimum absolute atomic E-state index is 0.446. The highest BCUT2D eigenvalue weighted by atomic mass is 32.1. The lowest BCUT2D eigenvalue weighted by Gasteiger charge is -2.23. The molecule has 3 rings (SSSR count). The number of aromatic amines is 1. The van der Waals surface area contributed by atoms with Crippen LogP contribution in [0.4, 0.5) is 0 Å². The highest BCUT2D eigenvalue weighted by molar-refractivity contribution is 7.71. The van der Waals surface area contributed by atoms with Gasteiger partial charge in [-0.25, -0.2) is 4.98 Å². The van der Waals surface area contributed by atoms with Crippen LogP contribution in [0.25, 0.3) is 11.5 Å². The molecule has 2 aromatic rings. The van der Waals surface area contributed by atoms with E-state index >= 15 is 0 Å². The van der Waals surface area contributed by atoms with E-state index in [9.17, 15) is 0 Å². The summed E-state index contributed by atoms with van der Waals surface area (Å²) >= 11 is 5.35. The molecular formula is C12H15N5S. The Morgan fingerprint density at radius 1 is 1.22 bits per heavy atom. The summed E-state index contributed by atoms with van der Waals surface area (Å²) in [5.74, 6) is 0.806. The van der Waals surface area contributed by atoms with Gasteiger partial charge < -0.3 is 0 Å². The SMILES string of the molecule is S=c1[nH]nc(-c2cnccn2)n1C1CCCCC1. The van der Waals surface area contributed by atoms with Gasteiger partial charge in [0.2, 0.25) is 0 Å². The molecule has 1 aliphatic carbocycles. The van der Waals surface area contributed by atoms with E-state index in [1.165, 1.54) is 32.1 Å². The molecule has 0 aromatic carbocycles. The van der Waals surface area contributed by atoms with E-state index in [1.807, 2.05) is 0 Å². The van der Waals surface area contributed by atoms with Crippen molar-refractivity contribution in [3.63, 3.8) is 0 Å². The van der Waals surface area contributed by atoms with Crippen LogP contribution in [0.15, 0.2) is 18.6 Å². The maximum Gasteiger partial charge on any atom is 0.195 e. The zero-order valence-electron chi connectivity index (χ0n) is 10.0. The van der Waals surface area contributed by atoms with Crippen LogP contribution in [0.5, 0.6) is 0 Å². The van der Waals surface area contributed by atoms with E-state index in [0.29, 0.717) is 10.8 Å². The molecule has 0 aliphatic heterocycles. The van der Waals surface area contributed by atoms with Crippen LogP contribution in [0, 0.1) is 4.77 Å². The molecule has 0 radical (unpaired) electrons. The summed E-state index contributed by atoms with van der Waals surface area (Å²) in [7, 11) is 0. The van der Waals surface area contributed by atoms with E-state index in [4.69, 9.17) is 12.2 Å². The van der Waals surface area contributed by atoms with Gasteiger partial charge in [-0.3, -0.25) is 14.6 Å². The van der Waals surface area contributed by atoms with Crippen molar-refractivity contribution >= 4 is 12.2 Å². The molecule has 0 spiro atoms. The Kier molecular flexibility index (Phi) is 3.19. The molecule has 0 bridgehead atoms. The minimum atomic E-state index is 0.446. The third-order valence-electron chi connectivity index (χ3n) is 3.44. The third kappa shape index (κ3) is 2.08. The Bertz CT molecular complexity index is 568. The van der Waals surface area contributed by atoms with E-state index in [1.54, 1.807) is 18.6 Å². The molecule has 0 atom stereocenters. The van der Waals surface area contributed by atoms with Gasteiger partial charge in [0.25, 0.3) is 0 Å². The van der Waals surface area contributed by atoms with Gasteiger partial charge in [-0.05, 0) is 25.1 Å². The molecule has 5 nitrogen and oxygen atoms in total. The molecule has 1 saturated carbocycles. The summed E-state index contributed by atoms with van der Waals surface area (Å²) in [5.41, 5.74) is 0.774. The fourth-order valence-electron chi connectivity index (χ4n) is 2.58. The number of hydrogen-bond donors (Lipinski definition) is 1. The molecule has 6 heteroatoms. The fraction of sp³-hybridized carbons (Fsp3) is 0.500. The smallest absolute Gasteiger partial charge is 0.195 e. The predicted octanol–water partition coefficient (Wildman–Crippen LogP) is 2.90. The number of nitrogens with one attached hydrogen (secondary N) is 1. The van der Waals surface area contributed by atoms with Crippen molar-refractivity contribution in [2.75, 3.05) is 0 Å². The highest BCUT2D eigenvalue weighted by Crippen LogP contribution is 2.31. The quantitative estimate of drug-likeness (QED) is 0.844. The van der Waals surface area contributed by atoms with Gasteiger partial charge in [-0.1, -0.05) is 19.3 Å². The van der Waals surface area contributed by atoms with Crippen LogP contribution in [-0.4, -0.2) is 24.7 Å². The van der Waals surface area contributed by atoms with Crippen molar-refractivity contribution in [3.05, 3.63) is 23.4 Å². The van der Waals surface area contributed by atoms with Crippen LogP contribution in [0.1, 0.15) is 38.1 Å². The number of rotatable bonds is 2. The van der Waals surface area contributed by atoms with Gasteiger partial charge in [0, 0.05) is 18.4 Å². The monoisotopic (exact) mass is 261 g/mol. The number of H-pyrrole nitrogens is 1. The van der Waals surface area contributed by atoms with Gasteiger partial charge in [-0.2, -0.15) is 5.10 Å². The number of aromatic nitrogens is 5. The van der Waals surface area contributed by atoms with Gasteiger partial charge in [-0.15, -0.1) is 0 Å². The summed E-state index contributed by atoms with van der Waals surface area (Å²) in [6, 6.07) is 0.446. The summed E-state index contributed by atoms with van der Waals surface area (Å²) in [5, 5.41) is 7.19. The largest absolute Gasteiger partial charge is 0.296 e. The summed E-state index contributed by atoms with van der Waals surface area (Å²) < 4.78 is 2.79. The van der Waals surface area contributed by atoms with E-state index < -0.39 is 0 Å². The van der Waals surface area contributed by atoms with Crippen molar-refractivity contribution in [1.82, 2.24) is 24.7 Å². The molecule has 0 amide bonds. The van der Waals surface area contributed by atoms with Crippen molar-refractivity contribution in [2.24, 2.45) is 0 Å². The van der Waals surface area contributed by atoms with E-state index in [-0.39, 0.29) is 0 Å². The third-order valence-corrected chi connectivity index (χ3v) is 3.72. The van der Waals surface area contributed by atoms with Crippen LogP contribution in [0.2, 0.25) is 0 Å². The summed E-state index contributed by atoms with van der Waals surface area (Å²) in [4.78, 5) is 8.40. The van der Waals surface area contributed by atoms with Crippen molar-refractivity contribution in [1.29, 1.82) is 0 Å². The van der Waals surface area contributed by atoms with Crippen LogP contribution >= 0.6 is 12.2 Å². The standard InChI is InChI=1S/C12H15N5S/c18-12-16-15-11(10-8-13-6-7-14-10)17(12)9-4-2-1-3-5-9/h6-9H,1-5H2,(H,16,18). The normalized spacial score (nSPS) is 16.9. The minimum Gasteiger partial charge on any atom is -0.296 e. The fourth-order valence-corrected chi connectivity index (χ4v) is 2.86. The van der Waals surface area contributed by atoms with Gasteiger partial charge in [0.1, 0.15) is 5.69 Å². The first-order valence-corrected chi connectivity index (χ1v) is 6.70. The summed E-state index contributed by atoms with van der Waals surface area (Å²) in [6.45, 7) is 0. The summed E-state index contributed by atoms with van der Waals surface area (Å²) in [6.07, 6.45) is 11.2. The molecule has 2 heterocycles. The predicted molar refractivity (Wildman–Crippen MR) is 70.6 cm³/mol. The van der Waals surface area contributed by atoms with E-state index in [2.05, 4.69) is 24.7 Å². The Hall–Kier alpha value is -1.56. The zero-order valence-corrected chi connectivity index (χ0v) is 10.9. The highest BCUT2D eigenvalue weighted by Gasteiger charge is 2.21. The average molecular weight is 261 g/mol. The first kappa shape index (κ1) is 11.5. The second kappa shape index (κ2) is 4.97. The topological polar surface area (TPSA) is 59.4 Å². The van der Waals surface area contributed by atoms with Gasteiger partial charge in [0.05, 0.1) is 6.20 Å². The molecule has 94 valence electrons. The van der Waals surface area contributed by atoms with Crippen LogP contribution < -0.4 is 0 Å². The van der Waals surface area contributed by atoms with Crippen LogP contribution in [0.3, 0.4) is 0 Å². The number of hydrogen-bond acceptors (Lipinski definition) is 4. The maximum atomic E-state index is 5.35. The maximum absolute atomic E-state index is 5.35. The molecule has 1 aliphatic rings. The Labute approximate surface area is 110 Å². The van der Waals surface area contributed by atoms with Crippen LogP contribution in [-0.2, 0) is 0 Å². The first-order chi connectivity index (χ1) is 8.86. The lowest BCUT2D eigenvalue weighted by atomic mass is 9.95. The molecular weight excluding hydrogens is 246 g/mol. The Balaban J connectivity index is 2.03. The molecule has 18 heavy (non-hydrogen) atoms. The molecule has 0 saturated heterocycles. The Morgan fingerprint density at radius 3 is 2.78 bits per heavy atom. The molecule has 0 unspecified atom stereocenters. The second-order valence-electron chi connectivity index (χ2n) is 4.60. The zero-order chi connectivity index (χ0) is 12.4. The lowest BCUT2D eigenvalue weighted by molar-refractivity contribution is 0.352. The molecule has 1 fully saturated rings. The molecule has 2 aromatic heterocycles. The molecule has 1 N–H and O–H groups in total.